The van der Waals surface area contributed by atoms with Crippen LogP contribution in [0.25, 0.3) is 0 Å². The van der Waals surface area contributed by atoms with Gasteiger partial charge in [-0.05, 0) is 64.2 Å². The summed E-state index contributed by atoms with van der Waals surface area (Å²) in [6.45, 7) is 2.96. The summed E-state index contributed by atoms with van der Waals surface area (Å²) in [5, 5.41) is 0. The van der Waals surface area contributed by atoms with Gasteiger partial charge >= 0.3 is 0 Å². The fraction of sp³-hybridized carbons (Fsp3) is 1.00. The first kappa shape index (κ1) is 21.2. The molecule has 0 aromatic heterocycles. The van der Waals surface area contributed by atoms with E-state index in [4.69, 9.17) is 0 Å². The van der Waals surface area contributed by atoms with Gasteiger partial charge in [-0.15, -0.1) is 0 Å². The second-order valence-electron chi connectivity index (χ2n) is 11.6. The summed E-state index contributed by atoms with van der Waals surface area (Å²) in [4.78, 5) is 0. The largest absolute Gasteiger partial charge is 0.321 e. The van der Waals surface area contributed by atoms with Gasteiger partial charge in [-0.25, -0.2) is 0 Å². The summed E-state index contributed by atoms with van der Waals surface area (Å²) < 4.78 is 2.91. The molecule has 2 nitrogen and oxygen atoms in total. The smallest absolute Gasteiger partial charge is 0.0892 e. The van der Waals surface area contributed by atoms with E-state index in [0.717, 1.165) is 24.2 Å². The lowest BCUT2D eigenvalue weighted by molar-refractivity contribution is -0.948. The molecule has 4 saturated heterocycles. The minimum atomic E-state index is 1.03. The Morgan fingerprint density at radius 1 is 0.429 bits per heavy atom. The van der Waals surface area contributed by atoms with Crippen molar-refractivity contribution in [2.75, 3.05) is 27.2 Å². The third-order valence-electron chi connectivity index (χ3n) is 10.2. The van der Waals surface area contributed by atoms with E-state index < -0.39 is 0 Å². The van der Waals surface area contributed by atoms with Crippen LogP contribution < -0.4 is 0 Å². The van der Waals surface area contributed by atoms with Gasteiger partial charge < -0.3 is 8.97 Å². The van der Waals surface area contributed by atoms with E-state index in [0.29, 0.717) is 0 Å². The van der Waals surface area contributed by atoms with E-state index in [2.05, 4.69) is 14.1 Å². The van der Waals surface area contributed by atoms with Crippen LogP contribution in [0, 0.1) is 0 Å². The van der Waals surface area contributed by atoms with E-state index in [1.54, 1.807) is 0 Å². The van der Waals surface area contributed by atoms with E-state index in [-0.39, 0.29) is 0 Å². The number of nitrogens with zero attached hydrogens (tertiary/aromatic N) is 2. The zero-order valence-electron chi connectivity index (χ0n) is 19.3. The van der Waals surface area contributed by atoms with E-state index >= 15 is 0 Å². The maximum Gasteiger partial charge on any atom is 0.0892 e. The lowest BCUT2D eigenvalue weighted by Crippen LogP contribution is -2.56. The molecule has 0 amide bonds. The quantitative estimate of drug-likeness (QED) is 0.282. The highest BCUT2D eigenvalue weighted by Crippen LogP contribution is 2.42. The molecule has 162 valence electrons. The number of quaternary nitrogens is 2. The Bertz CT molecular complexity index is 411. The molecule has 4 aliphatic rings. The SMILES string of the molecule is C[N+]1(CCCCCCCCCC[N+]2(C)[C@@H]3CCC[C@H]2CC3)[C@@H]2CCC[C@H]1CC2. The predicted molar refractivity (Wildman–Crippen MR) is 120 cm³/mol. The molecule has 2 unspecified atom stereocenters. The molecular weight excluding hydrogens is 340 g/mol. The van der Waals surface area contributed by atoms with Crippen LogP contribution in [0.15, 0.2) is 0 Å². The molecule has 6 atom stereocenters. The van der Waals surface area contributed by atoms with Crippen molar-refractivity contribution in [1.82, 2.24) is 0 Å². The van der Waals surface area contributed by atoms with Crippen molar-refractivity contribution in [3.8, 4) is 0 Å². The van der Waals surface area contributed by atoms with Crippen molar-refractivity contribution >= 4 is 0 Å². The first-order valence-corrected chi connectivity index (χ1v) is 13.3. The summed E-state index contributed by atoms with van der Waals surface area (Å²) >= 11 is 0. The molecule has 0 N–H and O–H groups in total. The van der Waals surface area contributed by atoms with E-state index in [9.17, 15) is 0 Å². The summed E-state index contributed by atoms with van der Waals surface area (Å²) in [7, 11) is 5.19. The fourth-order valence-corrected chi connectivity index (χ4v) is 8.18. The van der Waals surface area contributed by atoms with Crippen LogP contribution in [0.1, 0.15) is 116 Å². The van der Waals surface area contributed by atoms with Gasteiger partial charge in [0.25, 0.3) is 0 Å². The molecule has 4 rings (SSSR count). The molecule has 4 bridgehead atoms. The number of fused-ring (bicyclic) bond motifs is 4. The Morgan fingerprint density at radius 3 is 1.04 bits per heavy atom. The Balaban J connectivity index is 1.01. The first-order chi connectivity index (χ1) is 13.6. The van der Waals surface area contributed by atoms with Crippen LogP contribution in [0.3, 0.4) is 0 Å². The number of unbranched alkanes of at least 4 members (excludes halogenated alkanes) is 7. The van der Waals surface area contributed by atoms with Crippen molar-refractivity contribution < 1.29 is 8.97 Å². The third-order valence-corrected chi connectivity index (χ3v) is 10.2. The average molecular weight is 391 g/mol. The molecular formula is C26H50N2+2. The third kappa shape index (κ3) is 4.34. The van der Waals surface area contributed by atoms with Crippen molar-refractivity contribution in [2.45, 2.75) is 140 Å². The van der Waals surface area contributed by atoms with Gasteiger partial charge in [-0.3, -0.25) is 0 Å². The zero-order valence-corrected chi connectivity index (χ0v) is 19.3. The molecule has 28 heavy (non-hydrogen) atoms. The molecule has 4 aliphatic heterocycles. The summed E-state index contributed by atoms with van der Waals surface area (Å²) in [5.41, 5.74) is 0. The highest BCUT2D eigenvalue weighted by atomic mass is 15.4. The standard InChI is InChI=1S/C26H50N2/c1-27(23-13-11-14-24(27)18-17-23)21-9-7-5-3-4-6-8-10-22-28(2)25-15-12-16-26(28)20-19-25/h23-26H,3-22H2,1-2H3/q+2/t23-,24+,25-,26+,27?,28?. The van der Waals surface area contributed by atoms with E-state index in [1.807, 2.05) is 0 Å². The molecule has 0 saturated carbocycles. The van der Waals surface area contributed by atoms with Gasteiger partial charge in [0.1, 0.15) is 0 Å². The van der Waals surface area contributed by atoms with Gasteiger partial charge in [0.2, 0.25) is 0 Å². The molecule has 4 fully saturated rings. The van der Waals surface area contributed by atoms with Crippen LogP contribution in [0.5, 0.6) is 0 Å². The Hall–Kier alpha value is -0.0800. The zero-order chi connectivity index (χ0) is 19.5. The van der Waals surface area contributed by atoms with Crippen molar-refractivity contribution in [3.63, 3.8) is 0 Å². The summed E-state index contributed by atoms with van der Waals surface area (Å²) in [6.07, 6.45) is 27.2. The Labute approximate surface area is 176 Å². The molecule has 0 aromatic carbocycles. The summed E-state index contributed by atoms with van der Waals surface area (Å²) in [6, 6.07) is 4.11. The van der Waals surface area contributed by atoms with Crippen molar-refractivity contribution in [2.24, 2.45) is 0 Å². The molecule has 2 heteroatoms. The maximum absolute atomic E-state index is 2.60. The van der Waals surface area contributed by atoms with Crippen LogP contribution in [0.2, 0.25) is 0 Å². The maximum atomic E-state index is 2.60. The van der Waals surface area contributed by atoms with Gasteiger partial charge in [-0.1, -0.05) is 25.7 Å². The summed E-state index contributed by atoms with van der Waals surface area (Å²) in [5.74, 6) is 0. The average Bonchev–Trinajstić information content (AvgIpc) is 2.98. The molecule has 0 spiro atoms. The number of hydrogen-bond donors (Lipinski definition) is 0. The molecule has 0 radical (unpaired) electrons. The first-order valence-electron chi connectivity index (χ1n) is 13.3. The Morgan fingerprint density at radius 2 is 0.714 bits per heavy atom. The molecule has 0 aliphatic carbocycles. The fourth-order valence-electron chi connectivity index (χ4n) is 8.18. The topological polar surface area (TPSA) is 0 Å². The molecule has 4 heterocycles. The van der Waals surface area contributed by atoms with Gasteiger partial charge in [0.05, 0.1) is 51.4 Å². The number of hydrogen-bond acceptors (Lipinski definition) is 0. The Kier molecular flexibility index (Phi) is 7.09. The minimum absolute atomic E-state index is 1.03. The second kappa shape index (κ2) is 9.38. The highest BCUT2D eigenvalue weighted by Gasteiger charge is 2.48. The van der Waals surface area contributed by atoms with Crippen LogP contribution in [-0.2, 0) is 0 Å². The minimum Gasteiger partial charge on any atom is -0.321 e. The van der Waals surface area contributed by atoms with Gasteiger partial charge in [0, 0.05) is 25.7 Å². The van der Waals surface area contributed by atoms with Gasteiger partial charge in [0.15, 0.2) is 0 Å². The number of rotatable bonds is 11. The van der Waals surface area contributed by atoms with Crippen LogP contribution in [0.4, 0.5) is 0 Å². The predicted octanol–water partition coefficient (Wildman–Crippen LogP) is 6.43. The monoisotopic (exact) mass is 390 g/mol. The van der Waals surface area contributed by atoms with Gasteiger partial charge in [-0.2, -0.15) is 0 Å². The van der Waals surface area contributed by atoms with E-state index in [1.165, 1.54) is 138 Å². The van der Waals surface area contributed by atoms with Crippen LogP contribution in [-0.4, -0.2) is 60.3 Å². The second-order valence-corrected chi connectivity index (χ2v) is 11.6. The van der Waals surface area contributed by atoms with Crippen molar-refractivity contribution in [1.29, 1.82) is 0 Å². The highest BCUT2D eigenvalue weighted by molar-refractivity contribution is 4.82. The lowest BCUT2D eigenvalue weighted by atomic mass is 9.98. The molecule has 0 aromatic rings. The number of piperidine rings is 2. The normalized spacial score (nSPS) is 42.2. The lowest BCUT2D eigenvalue weighted by Gasteiger charge is -2.45. The van der Waals surface area contributed by atoms with Crippen molar-refractivity contribution in [3.05, 3.63) is 0 Å². The van der Waals surface area contributed by atoms with Crippen LogP contribution >= 0.6 is 0 Å².